The zero-order chi connectivity index (χ0) is 9.35. The molecule has 0 saturated carbocycles. The normalized spacial score (nSPS) is 37.8. The van der Waals surface area contributed by atoms with Crippen molar-refractivity contribution >= 4 is 0 Å². The van der Waals surface area contributed by atoms with Crippen molar-refractivity contribution in [3.05, 3.63) is 0 Å². The first-order valence-corrected chi connectivity index (χ1v) is 4.86. The molecule has 0 amide bonds. The maximum atomic E-state index is 9.46. The average molecular weight is 171 g/mol. The molecule has 2 N–H and O–H groups in total. The average Bonchev–Trinajstić information content (AvgIpc) is 1.82. The smallest absolute Gasteiger partial charge is 0.0665 e. The molecule has 0 aromatic carbocycles. The Kier molecular flexibility index (Phi) is 2.79. The third-order valence-corrected chi connectivity index (χ3v) is 2.67. The van der Waals surface area contributed by atoms with Crippen LogP contribution in [0.15, 0.2) is 0 Å². The molecule has 1 unspecified atom stereocenters. The predicted octanol–water partition coefficient (Wildman–Crippen LogP) is 1.53. The van der Waals surface area contributed by atoms with Crippen molar-refractivity contribution in [1.29, 1.82) is 0 Å². The van der Waals surface area contributed by atoms with Gasteiger partial charge in [0, 0.05) is 11.6 Å². The molecule has 1 aliphatic heterocycles. The van der Waals surface area contributed by atoms with Gasteiger partial charge in [0.15, 0.2) is 0 Å². The maximum Gasteiger partial charge on any atom is 0.0665 e. The Morgan fingerprint density at radius 2 is 2.08 bits per heavy atom. The van der Waals surface area contributed by atoms with Gasteiger partial charge in [-0.25, -0.2) is 0 Å². The van der Waals surface area contributed by atoms with E-state index < -0.39 is 0 Å². The van der Waals surface area contributed by atoms with Crippen molar-refractivity contribution in [2.45, 2.75) is 58.2 Å². The van der Waals surface area contributed by atoms with Crippen molar-refractivity contribution in [3.63, 3.8) is 0 Å². The van der Waals surface area contributed by atoms with Crippen LogP contribution in [0, 0.1) is 5.92 Å². The molecule has 0 aromatic heterocycles. The monoisotopic (exact) mass is 171 g/mol. The summed E-state index contributed by atoms with van der Waals surface area (Å²) in [4.78, 5) is 0. The molecule has 1 aliphatic rings. The van der Waals surface area contributed by atoms with Crippen LogP contribution in [0.5, 0.6) is 0 Å². The number of aliphatic hydroxyl groups excluding tert-OH is 1. The Morgan fingerprint density at radius 3 is 2.50 bits per heavy atom. The summed E-state index contributed by atoms with van der Waals surface area (Å²) in [5.41, 5.74) is 0.194. The van der Waals surface area contributed by atoms with Crippen LogP contribution in [0.1, 0.15) is 40.5 Å². The number of rotatable bonds is 1. The summed E-state index contributed by atoms with van der Waals surface area (Å²) in [7, 11) is 0. The summed E-state index contributed by atoms with van der Waals surface area (Å²) in [6.45, 7) is 8.54. The first-order valence-electron chi connectivity index (χ1n) is 4.86. The SMILES string of the molecule is CC1C[C@@H]([C@H](C)O)NC(C)(C)C1. The Balaban J connectivity index is 2.58. The lowest BCUT2D eigenvalue weighted by Gasteiger charge is -2.41. The van der Waals surface area contributed by atoms with E-state index in [1.165, 1.54) is 6.42 Å². The second-order valence-corrected chi connectivity index (χ2v) is 4.92. The van der Waals surface area contributed by atoms with Gasteiger partial charge < -0.3 is 10.4 Å². The van der Waals surface area contributed by atoms with E-state index in [1.807, 2.05) is 6.92 Å². The molecular weight excluding hydrogens is 150 g/mol. The van der Waals surface area contributed by atoms with E-state index in [1.54, 1.807) is 0 Å². The number of nitrogens with one attached hydrogen (secondary N) is 1. The van der Waals surface area contributed by atoms with Gasteiger partial charge in [-0.15, -0.1) is 0 Å². The summed E-state index contributed by atoms with van der Waals surface area (Å²) in [5.74, 6) is 0.723. The van der Waals surface area contributed by atoms with Gasteiger partial charge in [-0.3, -0.25) is 0 Å². The van der Waals surface area contributed by atoms with E-state index >= 15 is 0 Å². The van der Waals surface area contributed by atoms with E-state index in [2.05, 4.69) is 26.1 Å². The van der Waals surface area contributed by atoms with Crippen molar-refractivity contribution in [2.24, 2.45) is 5.92 Å². The Morgan fingerprint density at radius 1 is 1.50 bits per heavy atom. The van der Waals surface area contributed by atoms with E-state index in [0.717, 1.165) is 12.3 Å². The van der Waals surface area contributed by atoms with Crippen LogP contribution in [0.4, 0.5) is 0 Å². The molecule has 1 saturated heterocycles. The van der Waals surface area contributed by atoms with Crippen LogP contribution in [0.2, 0.25) is 0 Å². The van der Waals surface area contributed by atoms with Crippen LogP contribution in [0.25, 0.3) is 0 Å². The number of hydrogen-bond acceptors (Lipinski definition) is 2. The third-order valence-electron chi connectivity index (χ3n) is 2.67. The molecule has 0 aliphatic carbocycles. The first-order chi connectivity index (χ1) is 5.41. The number of aliphatic hydroxyl groups is 1. The molecule has 12 heavy (non-hydrogen) atoms. The molecule has 0 aromatic rings. The Bertz CT molecular complexity index is 154. The second-order valence-electron chi connectivity index (χ2n) is 4.92. The minimum Gasteiger partial charge on any atom is -0.392 e. The van der Waals surface area contributed by atoms with Gasteiger partial charge >= 0.3 is 0 Å². The van der Waals surface area contributed by atoms with Crippen LogP contribution in [-0.4, -0.2) is 22.8 Å². The van der Waals surface area contributed by atoms with Crippen LogP contribution < -0.4 is 5.32 Å². The molecule has 0 radical (unpaired) electrons. The van der Waals surface area contributed by atoms with E-state index in [4.69, 9.17) is 0 Å². The quantitative estimate of drug-likeness (QED) is 0.627. The van der Waals surface area contributed by atoms with Crippen molar-refractivity contribution in [3.8, 4) is 0 Å². The Labute approximate surface area is 75.4 Å². The number of piperidine rings is 1. The van der Waals surface area contributed by atoms with Crippen molar-refractivity contribution < 1.29 is 5.11 Å². The summed E-state index contributed by atoms with van der Waals surface area (Å²) in [5, 5.41) is 12.9. The fourth-order valence-electron chi connectivity index (χ4n) is 2.33. The van der Waals surface area contributed by atoms with Gasteiger partial charge in [0.1, 0.15) is 0 Å². The molecular formula is C10H21NO. The van der Waals surface area contributed by atoms with Crippen LogP contribution in [-0.2, 0) is 0 Å². The first kappa shape index (κ1) is 10.0. The summed E-state index contributed by atoms with van der Waals surface area (Å²) in [6, 6.07) is 0.281. The van der Waals surface area contributed by atoms with E-state index in [9.17, 15) is 5.11 Å². The second kappa shape index (κ2) is 3.35. The van der Waals surface area contributed by atoms with Crippen molar-refractivity contribution in [2.75, 3.05) is 0 Å². The fourth-order valence-corrected chi connectivity index (χ4v) is 2.33. The van der Waals surface area contributed by atoms with Crippen LogP contribution in [0.3, 0.4) is 0 Å². The molecule has 2 nitrogen and oxygen atoms in total. The molecule has 72 valence electrons. The molecule has 0 bridgehead atoms. The predicted molar refractivity (Wildman–Crippen MR) is 51.1 cm³/mol. The molecule has 2 heteroatoms. The maximum absolute atomic E-state index is 9.46. The number of hydrogen-bond donors (Lipinski definition) is 2. The highest BCUT2D eigenvalue weighted by Crippen LogP contribution is 2.27. The molecule has 0 spiro atoms. The lowest BCUT2D eigenvalue weighted by atomic mass is 9.81. The molecule has 1 fully saturated rings. The topological polar surface area (TPSA) is 32.3 Å². The molecule has 1 heterocycles. The van der Waals surface area contributed by atoms with Crippen LogP contribution >= 0.6 is 0 Å². The zero-order valence-corrected chi connectivity index (χ0v) is 8.59. The van der Waals surface area contributed by atoms with E-state index in [0.29, 0.717) is 0 Å². The lowest BCUT2D eigenvalue weighted by molar-refractivity contribution is 0.0785. The third kappa shape index (κ3) is 2.46. The standard InChI is InChI=1S/C10H21NO/c1-7-5-9(8(2)12)11-10(3,4)6-7/h7-9,11-12H,5-6H2,1-4H3/t7?,8-,9-/m0/s1. The summed E-state index contributed by atoms with van der Waals surface area (Å²) < 4.78 is 0. The van der Waals surface area contributed by atoms with Gasteiger partial charge in [0.25, 0.3) is 0 Å². The van der Waals surface area contributed by atoms with E-state index in [-0.39, 0.29) is 17.7 Å². The zero-order valence-electron chi connectivity index (χ0n) is 8.59. The molecule has 1 rings (SSSR count). The summed E-state index contributed by atoms with van der Waals surface area (Å²) in [6.07, 6.45) is 2.07. The van der Waals surface area contributed by atoms with Crippen molar-refractivity contribution in [1.82, 2.24) is 5.32 Å². The minimum atomic E-state index is -0.230. The minimum absolute atomic E-state index is 0.194. The molecule has 3 atom stereocenters. The van der Waals surface area contributed by atoms with Gasteiger partial charge in [-0.05, 0) is 39.5 Å². The fraction of sp³-hybridized carbons (Fsp3) is 1.00. The highest BCUT2D eigenvalue weighted by atomic mass is 16.3. The van der Waals surface area contributed by atoms with Gasteiger partial charge in [0.2, 0.25) is 0 Å². The van der Waals surface area contributed by atoms with Gasteiger partial charge in [0.05, 0.1) is 6.10 Å². The largest absolute Gasteiger partial charge is 0.392 e. The Hall–Kier alpha value is -0.0800. The highest BCUT2D eigenvalue weighted by molar-refractivity contribution is 4.92. The lowest BCUT2D eigenvalue weighted by Crippen LogP contribution is -2.55. The van der Waals surface area contributed by atoms with Gasteiger partial charge in [-0.1, -0.05) is 6.92 Å². The van der Waals surface area contributed by atoms with Gasteiger partial charge in [-0.2, -0.15) is 0 Å². The highest BCUT2D eigenvalue weighted by Gasteiger charge is 2.32. The summed E-state index contributed by atoms with van der Waals surface area (Å²) >= 11 is 0.